The SMILES string of the molecule is CN1CC2(C1)C(=O)N(Cc1ccccc1)C(=O)[C@@H]1C[C@@H](O)CN12. The van der Waals surface area contributed by atoms with Gasteiger partial charge in [-0.25, -0.2) is 0 Å². The molecule has 3 aliphatic rings. The lowest BCUT2D eigenvalue weighted by Gasteiger charge is -2.57. The van der Waals surface area contributed by atoms with Crippen LogP contribution < -0.4 is 0 Å². The molecule has 0 unspecified atom stereocenters. The van der Waals surface area contributed by atoms with Gasteiger partial charge in [-0.15, -0.1) is 0 Å². The summed E-state index contributed by atoms with van der Waals surface area (Å²) in [5.74, 6) is -0.287. The van der Waals surface area contributed by atoms with Gasteiger partial charge in [-0.1, -0.05) is 30.3 Å². The average Bonchev–Trinajstić information content (AvgIpc) is 2.90. The Labute approximate surface area is 135 Å². The number of carbonyl (C=O) groups is 2. The summed E-state index contributed by atoms with van der Waals surface area (Å²) in [5, 5.41) is 10.0. The third kappa shape index (κ3) is 2.13. The van der Waals surface area contributed by atoms with Crippen molar-refractivity contribution < 1.29 is 14.7 Å². The van der Waals surface area contributed by atoms with Gasteiger partial charge in [0.25, 0.3) is 5.91 Å². The van der Waals surface area contributed by atoms with Crippen molar-refractivity contribution in [1.29, 1.82) is 0 Å². The summed E-state index contributed by atoms with van der Waals surface area (Å²) in [6.45, 7) is 1.96. The average molecular weight is 315 g/mol. The molecule has 122 valence electrons. The Balaban J connectivity index is 1.67. The van der Waals surface area contributed by atoms with Crippen molar-refractivity contribution in [3.05, 3.63) is 35.9 Å². The van der Waals surface area contributed by atoms with Gasteiger partial charge >= 0.3 is 0 Å². The van der Waals surface area contributed by atoms with E-state index in [2.05, 4.69) is 4.90 Å². The van der Waals surface area contributed by atoms with Crippen LogP contribution in [-0.4, -0.2) is 76.0 Å². The molecule has 0 radical (unpaired) electrons. The minimum atomic E-state index is -0.639. The molecular weight excluding hydrogens is 294 g/mol. The van der Waals surface area contributed by atoms with Crippen LogP contribution in [-0.2, 0) is 16.1 Å². The number of rotatable bonds is 2. The van der Waals surface area contributed by atoms with Gasteiger partial charge in [0.05, 0.1) is 18.7 Å². The quantitative estimate of drug-likeness (QED) is 0.758. The molecular formula is C17H21N3O3. The van der Waals surface area contributed by atoms with E-state index in [0.717, 1.165) is 5.56 Å². The highest BCUT2D eigenvalue weighted by Crippen LogP contribution is 2.40. The minimum Gasteiger partial charge on any atom is -0.392 e. The van der Waals surface area contributed by atoms with Crippen LogP contribution in [0.4, 0.5) is 0 Å². The Kier molecular flexibility index (Phi) is 3.30. The van der Waals surface area contributed by atoms with E-state index in [0.29, 0.717) is 32.6 Å². The molecule has 6 heteroatoms. The number of likely N-dealkylation sites (tertiary alicyclic amines) is 1. The Morgan fingerprint density at radius 3 is 2.57 bits per heavy atom. The maximum Gasteiger partial charge on any atom is 0.252 e. The second-order valence-electron chi connectivity index (χ2n) is 6.98. The largest absolute Gasteiger partial charge is 0.392 e. The molecule has 2 amide bonds. The highest BCUT2D eigenvalue weighted by atomic mass is 16.3. The standard InChI is InChI=1S/C17H21N3O3/c1-18-10-17(11-18)16(23)19(8-12-5-3-2-4-6-12)15(22)14-7-13(21)9-20(14)17/h2-6,13-14,21H,7-11H2,1H3/t13-,14+/m1/s1. The lowest BCUT2D eigenvalue weighted by Crippen LogP contribution is -2.80. The van der Waals surface area contributed by atoms with E-state index < -0.39 is 11.6 Å². The number of benzene rings is 1. The number of aliphatic hydroxyl groups excluding tert-OH is 1. The van der Waals surface area contributed by atoms with Gasteiger partial charge in [-0.2, -0.15) is 0 Å². The van der Waals surface area contributed by atoms with Gasteiger partial charge in [0.1, 0.15) is 5.54 Å². The predicted molar refractivity (Wildman–Crippen MR) is 83.3 cm³/mol. The van der Waals surface area contributed by atoms with E-state index >= 15 is 0 Å². The molecule has 0 aromatic heterocycles. The Hall–Kier alpha value is -1.76. The van der Waals surface area contributed by atoms with Crippen LogP contribution in [0, 0.1) is 0 Å². The predicted octanol–water partition coefficient (Wildman–Crippen LogP) is -0.325. The first-order valence-corrected chi connectivity index (χ1v) is 8.04. The van der Waals surface area contributed by atoms with E-state index in [4.69, 9.17) is 0 Å². The Morgan fingerprint density at radius 2 is 1.91 bits per heavy atom. The van der Waals surface area contributed by atoms with Gasteiger partial charge in [0.15, 0.2) is 0 Å². The highest BCUT2D eigenvalue weighted by molar-refractivity contribution is 6.06. The third-order valence-corrected chi connectivity index (χ3v) is 5.27. The molecule has 0 aliphatic carbocycles. The highest BCUT2D eigenvalue weighted by Gasteiger charge is 2.63. The third-order valence-electron chi connectivity index (χ3n) is 5.27. The topological polar surface area (TPSA) is 64.1 Å². The summed E-state index contributed by atoms with van der Waals surface area (Å²) in [6.07, 6.45) is -0.112. The van der Waals surface area contributed by atoms with E-state index in [1.165, 1.54) is 4.90 Å². The van der Waals surface area contributed by atoms with Crippen molar-refractivity contribution >= 4 is 11.8 Å². The van der Waals surface area contributed by atoms with Crippen molar-refractivity contribution in [3.63, 3.8) is 0 Å². The number of hydrogen-bond acceptors (Lipinski definition) is 5. The van der Waals surface area contributed by atoms with E-state index in [9.17, 15) is 14.7 Å². The second-order valence-corrected chi connectivity index (χ2v) is 6.98. The smallest absolute Gasteiger partial charge is 0.252 e. The fourth-order valence-electron chi connectivity index (χ4n) is 4.25. The first-order chi connectivity index (χ1) is 11.0. The molecule has 1 N–H and O–H groups in total. The number of hydrogen-bond donors (Lipinski definition) is 1. The molecule has 1 spiro atoms. The number of likely N-dealkylation sites (N-methyl/N-ethyl adjacent to an activating group) is 1. The summed E-state index contributed by atoms with van der Waals surface area (Å²) in [6, 6.07) is 9.21. The Bertz CT molecular complexity index is 642. The van der Waals surface area contributed by atoms with Crippen LogP contribution in [0.15, 0.2) is 30.3 Å². The van der Waals surface area contributed by atoms with Crippen molar-refractivity contribution in [2.24, 2.45) is 0 Å². The Morgan fingerprint density at radius 1 is 1.22 bits per heavy atom. The molecule has 3 aliphatic heterocycles. The molecule has 6 nitrogen and oxygen atoms in total. The number of carbonyl (C=O) groups excluding carboxylic acids is 2. The summed E-state index contributed by atoms with van der Waals surface area (Å²) < 4.78 is 0. The molecule has 3 fully saturated rings. The maximum absolute atomic E-state index is 13.1. The zero-order valence-corrected chi connectivity index (χ0v) is 13.2. The second kappa shape index (κ2) is 5.12. The molecule has 0 saturated carbocycles. The van der Waals surface area contributed by atoms with Gasteiger partial charge in [-0.05, 0) is 19.0 Å². The van der Waals surface area contributed by atoms with Crippen molar-refractivity contribution in [2.45, 2.75) is 30.7 Å². The lowest BCUT2D eigenvalue weighted by atomic mass is 9.83. The summed E-state index contributed by atoms with van der Waals surface area (Å²) in [7, 11) is 1.97. The number of amides is 2. The summed E-state index contributed by atoms with van der Waals surface area (Å²) in [5.41, 5.74) is 0.309. The van der Waals surface area contributed by atoms with E-state index in [1.54, 1.807) is 0 Å². The van der Waals surface area contributed by atoms with E-state index in [-0.39, 0.29) is 17.9 Å². The van der Waals surface area contributed by atoms with Crippen molar-refractivity contribution in [3.8, 4) is 0 Å². The van der Waals surface area contributed by atoms with Crippen molar-refractivity contribution in [2.75, 3.05) is 26.7 Å². The number of imide groups is 1. The number of fused-ring (bicyclic) bond motifs is 2. The van der Waals surface area contributed by atoms with Gasteiger partial charge in [-0.3, -0.25) is 19.4 Å². The fourth-order valence-corrected chi connectivity index (χ4v) is 4.25. The monoisotopic (exact) mass is 315 g/mol. The molecule has 0 bridgehead atoms. The molecule has 23 heavy (non-hydrogen) atoms. The van der Waals surface area contributed by atoms with Crippen LogP contribution in [0.25, 0.3) is 0 Å². The molecule has 1 aromatic carbocycles. The summed E-state index contributed by atoms with van der Waals surface area (Å²) in [4.78, 5) is 31.3. The zero-order chi connectivity index (χ0) is 16.2. The minimum absolute atomic E-state index is 0.116. The number of aliphatic hydroxyl groups is 1. The lowest BCUT2D eigenvalue weighted by molar-refractivity contribution is -0.179. The first-order valence-electron chi connectivity index (χ1n) is 8.04. The number of nitrogens with zero attached hydrogens (tertiary/aromatic N) is 3. The van der Waals surface area contributed by atoms with Crippen LogP contribution >= 0.6 is 0 Å². The van der Waals surface area contributed by atoms with Crippen LogP contribution in [0.3, 0.4) is 0 Å². The van der Waals surface area contributed by atoms with Crippen LogP contribution in [0.1, 0.15) is 12.0 Å². The maximum atomic E-state index is 13.1. The number of β-amino-alcohol motifs (C(OH)–C–C–N with tert-alkyl or cyclic N) is 1. The zero-order valence-electron chi connectivity index (χ0n) is 13.2. The van der Waals surface area contributed by atoms with Gasteiger partial charge in [0.2, 0.25) is 5.91 Å². The van der Waals surface area contributed by atoms with Crippen LogP contribution in [0.2, 0.25) is 0 Å². The molecule has 3 saturated heterocycles. The molecule has 2 atom stereocenters. The fraction of sp³-hybridized carbons (Fsp3) is 0.529. The van der Waals surface area contributed by atoms with Crippen molar-refractivity contribution in [1.82, 2.24) is 14.7 Å². The normalized spacial score (nSPS) is 30.6. The number of piperazine rings is 1. The molecule has 3 heterocycles. The van der Waals surface area contributed by atoms with E-state index in [1.807, 2.05) is 42.3 Å². The molecule has 1 aromatic rings. The first kappa shape index (κ1) is 14.8. The van der Waals surface area contributed by atoms with Gasteiger partial charge in [0, 0.05) is 19.6 Å². The van der Waals surface area contributed by atoms with Crippen LogP contribution in [0.5, 0.6) is 0 Å². The molecule has 4 rings (SSSR count). The van der Waals surface area contributed by atoms with Gasteiger partial charge < -0.3 is 10.0 Å². The summed E-state index contributed by atoms with van der Waals surface area (Å²) >= 11 is 0.